The Morgan fingerprint density at radius 2 is 2.10 bits per heavy atom. The van der Waals surface area contributed by atoms with Gasteiger partial charge in [0.25, 0.3) is 5.91 Å². The summed E-state index contributed by atoms with van der Waals surface area (Å²) in [5.41, 5.74) is -0.808. The van der Waals surface area contributed by atoms with Gasteiger partial charge in [-0.05, 0) is 12.5 Å². The lowest BCUT2D eigenvalue weighted by Gasteiger charge is -2.49. The van der Waals surface area contributed by atoms with Crippen LogP contribution >= 0.6 is 81.3 Å². The van der Waals surface area contributed by atoms with Crippen LogP contribution in [0.3, 0.4) is 0 Å². The van der Waals surface area contributed by atoms with Crippen LogP contribution in [0.5, 0.6) is 0 Å². The number of nitrogens with one attached hydrogen (secondary N) is 2. The molecule has 3 atom stereocenters. The van der Waals surface area contributed by atoms with Crippen LogP contribution in [0.4, 0.5) is 4.79 Å². The third-order valence-corrected chi connectivity index (χ3v) is 8.78. The standard InChI is InChI=1S/C14H13Cl4N5O4S3/c1-4-21-22-13(30-4)29-3-5-2-28-9-6(8(24)23(9)7(5)10(25)26)19-12(27)20-11(15)14(16,17)18/h6,9,11H,2-3H2,1H3,(H,25,26)(H2,19,20,27)/t6?,9-,11?/m1/s1. The molecular weight excluding hydrogens is 540 g/mol. The Bertz CT molecular complexity index is 908. The minimum atomic E-state index is -1.94. The number of carbonyl (C=O) groups excluding carboxylic acids is 2. The molecule has 3 amide bonds. The number of amides is 3. The smallest absolute Gasteiger partial charge is 0.352 e. The summed E-state index contributed by atoms with van der Waals surface area (Å²) in [5.74, 6) is -1.02. The first-order valence-corrected chi connectivity index (χ1v) is 12.5. The summed E-state index contributed by atoms with van der Waals surface area (Å²) >= 11 is 26.7. The first-order chi connectivity index (χ1) is 14.0. The van der Waals surface area contributed by atoms with Gasteiger partial charge < -0.3 is 15.7 Å². The van der Waals surface area contributed by atoms with Crippen molar-refractivity contribution < 1.29 is 19.5 Å². The lowest BCUT2D eigenvalue weighted by molar-refractivity contribution is -0.148. The van der Waals surface area contributed by atoms with Gasteiger partial charge in [-0.2, -0.15) is 0 Å². The number of rotatable bonds is 6. The van der Waals surface area contributed by atoms with Crippen LogP contribution in [0.25, 0.3) is 0 Å². The van der Waals surface area contributed by atoms with Gasteiger partial charge in [-0.25, -0.2) is 9.59 Å². The first kappa shape index (κ1) is 24.0. The van der Waals surface area contributed by atoms with Crippen LogP contribution in [-0.4, -0.2) is 70.3 Å². The van der Waals surface area contributed by atoms with Gasteiger partial charge in [0.2, 0.25) is 3.79 Å². The van der Waals surface area contributed by atoms with Gasteiger partial charge in [0, 0.05) is 11.5 Å². The molecule has 3 N–H and O–H groups in total. The molecule has 0 saturated carbocycles. The number of nitrogens with zero attached hydrogens (tertiary/aromatic N) is 3. The van der Waals surface area contributed by atoms with Gasteiger partial charge in [-0.1, -0.05) is 69.5 Å². The summed E-state index contributed by atoms with van der Waals surface area (Å²) in [6.45, 7) is 1.83. The van der Waals surface area contributed by atoms with Crippen molar-refractivity contribution in [2.24, 2.45) is 0 Å². The molecule has 164 valence electrons. The zero-order valence-electron chi connectivity index (χ0n) is 14.9. The monoisotopic (exact) mass is 551 g/mol. The fourth-order valence-corrected chi connectivity index (χ4v) is 6.22. The average Bonchev–Trinajstić information content (AvgIpc) is 3.07. The molecule has 2 aliphatic heterocycles. The Morgan fingerprint density at radius 3 is 2.67 bits per heavy atom. The molecular formula is C14H13Cl4N5O4S3. The van der Waals surface area contributed by atoms with E-state index in [0.717, 1.165) is 5.01 Å². The van der Waals surface area contributed by atoms with Crippen molar-refractivity contribution in [3.8, 4) is 0 Å². The van der Waals surface area contributed by atoms with Gasteiger partial charge in [-0.3, -0.25) is 9.69 Å². The number of aromatic nitrogens is 2. The van der Waals surface area contributed by atoms with E-state index in [4.69, 9.17) is 46.4 Å². The third kappa shape index (κ3) is 5.22. The second-order valence-electron chi connectivity index (χ2n) is 6.04. The summed E-state index contributed by atoms with van der Waals surface area (Å²) in [6, 6.07) is -1.74. The number of β-lactam (4-membered cyclic amide) rings is 1. The molecule has 0 bridgehead atoms. The average molecular weight is 553 g/mol. The van der Waals surface area contributed by atoms with Gasteiger partial charge in [0.15, 0.2) is 9.84 Å². The van der Waals surface area contributed by atoms with Crippen LogP contribution in [0.1, 0.15) is 5.01 Å². The zero-order valence-corrected chi connectivity index (χ0v) is 20.4. The maximum Gasteiger partial charge on any atom is 0.352 e. The van der Waals surface area contributed by atoms with E-state index < -0.39 is 38.6 Å². The predicted molar refractivity (Wildman–Crippen MR) is 119 cm³/mol. The van der Waals surface area contributed by atoms with Crippen molar-refractivity contribution in [3.05, 3.63) is 16.3 Å². The van der Waals surface area contributed by atoms with E-state index >= 15 is 0 Å². The molecule has 0 aliphatic carbocycles. The molecule has 0 aromatic carbocycles. The molecule has 1 saturated heterocycles. The molecule has 0 radical (unpaired) electrons. The Labute approximate surface area is 203 Å². The fourth-order valence-electron chi connectivity index (χ4n) is 2.66. The summed E-state index contributed by atoms with van der Waals surface area (Å²) in [5, 5.41) is 22.5. The van der Waals surface area contributed by atoms with Gasteiger partial charge in [0.05, 0.1) is 0 Å². The SMILES string of the molecule is Cc1nnc(SCC2=C(C(=O)O)N3C(=O)C(NC(=O)NC(Cl)C(Cl)(Cl)Cl)[C@H]3SC2)s1. The number of alkyl halides is 4. The molecule has 30 heavy (non-hydrogen) atoms. The first-order valence-electron chi connectivity index (χ1n) is 8.09. The van der Waals surface area contributed by atoms with Crippen LogP contribution in [0, 0.1) is 6.92 Å². The van der Waals surface area contributed by atoms with Crippen LogP contribution < -0.4 is 10.6 Å². The molecule has 1 aromatic heterocycles. The summed E-state index contributed by atoms with van der Waals surface area (Å²) in [6.07, 6.45) is 0. The number of urea groups is 1. The Balaban J connectivity index is 1.67. The highest BCUT2D eigenvalue weighted by Crippen LogP contribution is 2.41. The van der Waals surface area contributed by atoms with Crippen molar-refractivity contribution in [1.29, 1.82) is 0 Å². The summed E-state index contributed by atoms with van der Waals surface area (Å²) in [4.78, 5) is 37.7. The number of fused-ring (bicyclic) bond motifs is 1. The number of thioether (sulfide) groups is 2. The number of hydrogen-bond acceptors (Lipinski definition) is 8. The van der Waals surface area contributed by atoms with Gasteiger partial charge in [0.1, 0.15) is 22.1 Å². The summed E-state index contributed by atoms with van der Waals surface area (Å²) < 4.78 is -1.22. The number of aliphatic carboxylic acids is 1. The second kappa shape index (κ2) is 9.47. The topological polar surface area (TPSA) is 125 Å². The van der Waals surface area contributed by atoms with Crippen LogP contribution in [0.15, 0.2) is 15.6 Å². The molecule has 9 nitrogen and oxygen atoms in total. The highest BCUT2D eigenvalue weighted by Gasteiger charge is 2.54. The van der Waals surface area contributed by atoms with E-state index in [-0.39, 0.29) is 5.70 Å². The highest BCUT2D eigenvalue weighted by atomic mass is 35.6. The Hall–Kier alpha value is -0.630. The lowest BCUT2D eigenvalue weighted by Crippen LogP contribution is -2.71. The number of carboxylic acids is 1. The quantitative estimate of drug-likeness (QED) is 0.213. The number of aryl methyl sites for hydroxylation is 1. The van der Waals surface area contributed by atoms with Crippen molar-refractivity contribution in [1.82, 2.24) is 25.7 Å². The molecule has 3 rings (SSSR count). The lowest BCUT2D eigenvalue weighted by atomic mass is 10.0. The molecule has 2 unspecified atom stereocenters. The third-order valence-electron chi connectivity index (χ3n) is 3.96. The minimum absolute atomic E-state index is 0.0764. The maximum atomic E-state index is 12.6. The molecule has 1 aromatic rings. The van der Waals surface area contributed by atoms with E-state index in [9.17, 15) is 19.5 Å². The number of carbonyl (C=O) groups is 3. The van der Waals surface area contributed by atoms with E-state index in [0.29, 0.717) is 21.4 Å². The Morgan fingerprint density at radius 1 is 1.40 bits per heavy atom. The van der Waals surface area contributed by atoms with E-state index in [1.807, 2.05) is 6.92 Å². The maximum absolute atomic E-state index is 12.6. The Kier molecular flexibility index (Phi) is 7.58. The molecule has 1 fully saturated rings. The molecule has 3 heterocycles. The van der Waals surface area contributed by atoms with E-state index in [1.54, 1.807) is 0 Å². The largest absolute Gasteiger partial charge is 0.477 e. The number of carboxylic acid groups (broad SMARTS) is 1. The minimum Gasteiger partial charge on any atom is -0.477 e. The van der Waals surface area contributed by atoms with Crippen LogP contribution in [0.2, 0.25) is 0 Å². The van der Waals surface area contributed by atoms with Gasteiger partial charge in [-0.15, -0.1) is 22.0 Å². The molecule has 2 aliphatic rings. The predicted octanol–water partition coefficient (Wildman–Crippen LogP) is 2.80. The van der Waals surface area contributed by atoms with Crippen LogP contribution in [-0.2, 0) is 9.59 Å². The highest BCUT2D eigenvalue weighted by molar-refractivity contribution is 8.01. The van der Waals surface area contributed by atoms with E-state index in [1.165, 1.54) is 39.8 Å². The normalized spacial score (nSPS) is 22.3. The summed E-state index contributed by atoms with van der Waals surface area (Å²) in [7, 11) is 0. The van der Waals surface area contributed by atoms with Crippen molar-refractivity contribution in [3.63, 3.8) is 0 Å². The fraction of sp³-hybridized carbons (Fsp3) is 0.500. The van der Waals surface area contributed by atoms with Crippen molar-refractivity contribution in [2.45, 2.75) is 32.0 Å². The van der Waals surface area contributed by atoms with Crippen molar-refractivity contribution >= 4 is 99.2 Å². The van der Waals surface area contributed by atoms with Gasteiger partial charge >= 0.3 is 12.0 Å². The molecule has 0 spiro atoms. The number of halogens is 4. The van der Waals surface area contributed by atoms with E-state index in [2.05, 4.69) is 20.8 Å². The zero-order chi connectivity index (χ0) is 22.2. The molecule has 16 heteroatoms. The second-order valence-corrected chi connectivity index (χ2v) is 12.4. The number of hydrogen-bond donors (Lipinski definition) is 3. The van der Waals surface area contributed by atoms with Crippen molar-refractivity contribution in [2.75, 3.05) is 11.5 Å².